The Balaban J connectivity index is 2.13. The number of H-pyrrole nitrogens is 1. The van der Waals surface area contributed by atoms with Gasteiger partial charge in [-0.25, -0.2) is 4.79 Å². The number of hydrogen-bond donors (Lipinski definition) is 4. The highest BCUT2D eigenvalue weighted by Gasteiger charge is 2.30. The van der Waals surface area contributed by atoms with Gasteiger partial charge in [-0.2, -0.15) is 5.10 Å². The molecule has 2 aromatic rings. The Hall–Kier alpha value is -2.67. The Morgan fingerprint density at radius 1 is 1.30 bits per heavy atom. The molecule has 1 aromatic heterocycles. The lowest BCUT2D eigenvalue weighted by atomic mass is 10.0. The number of aliphatic carboxylic acids is 1. The van der Waals surface area contributed by atoms with E-state index in [4.69, 9.17) is 5.11 Å². The first kappa shape index (κ1) is 16.7. The van der Waals surface area contributed by atoms with Crippen LogP contribution in [-0.4, -0.2) is 44.4 Å². The van der Waals surface area contributed by atoms with Crippen LogP contribution in [0.25, 0.3) is 11.3 Å². The molecule has 1 aromatic carbocycles. The number of carboxylic acid groups (broad SMARTS) is 1. The molecule has 0 saturated carbocycles. The molecule has 0 spiro atoms. The van der Waals surface area contributed by atoms with Gasteiger partial charge in [0.1, 0.15) is 5.69 Å². The predicted molar refractivity (Wildman–Crippen MR) is 84.1 cm³/mol. The van der Waals surface area contributed by atoms with Crippen LogP contribution in [0.2, 0.25) is 0 Å². The zero-order chi connectivity index (χ0) is 17.2. The van der Waals surface area contributed by atoms with Crippen LogP contribution < -0.4 is 5.32 Å². The van der Waals surface area contributed by atoms with Crippen molar-refractivity contribution in [3.63, 3.8) is 0 Å². The van der Waals surface area contributed by atoms with E-state index in [0.29, 0.717) is 5.69 Å². The quantitative estimate of drug-likeness (QED) is 0.662. The number of nitrogens with zero attached hydrogens (tertiary/aromatic N) is 1. The molecule has 0 radical (unpaired) electrons. The van der Waals surface area contributed by atoms with Gasteiger partial charge in [-0.3, -0.25) is 9.89 Å². The number of aromatic nitrogens is 2. The zero-order valence-corrected chi connectivity index (χ0v) is 13.2. The Kier molecular flexibility index (Phi) is 4.51. The summed E-state index contributed by atoms with van der Waals surface area (Å²) in [5.41, 5.74) is 1.88. The van der Waals surface area contributed by atoms with Crippen molar-refractivity contribution in [2.45, 2.75) is 26.4 Å². The van der Waals surface area contributed by atoms with E-state index in [2.05, 4.69) is 15.5 Å². The van der Waals surface area contributed by atoms with E-state index in [1.807, 2.05) is 32.0 Å². The smallest absolute Gasteiger partial charge is 0.337 e. The van der Waals surface area contributed by atoms with Crippen LogP contribution in [0.15, 0.2) is 24.3 Å². The topological polar surface area (TPSA) is 115 Å². The molecule has 122 valence electrons. The molecular weight excluding hydrogens is 298 g/mol. The van der Waals surface area contributed by atoms with Gasteiger partial charge in [-0.15, -0.1) is 0 Å². The lowest BCUT2D eigenvalue weighted by molar-refractivity contribution is -0.155. The molecule has 7 heteroatoms. The molecule has 23 heavy (non-hydrogen) atoms. The van der Waals surface area contributed by atoms with E-state index in [-0.39, 0.29) is 5.69 Å². The summed E-state index contributed by atoms with van der Waals surface area (Å²) >= 11 is 0. The molecule has 0 aliphatic rings. The highest BCUT2D eigenvalue weighted by atomic mass is 16.4. The second-order valence-corrected chi connectivity index (χ2v) is 5.75. The van der Waals surface area contributed by atoms with Gasteiger partial charge in [0.25, 0.3) is 5.91 Å². The van der Waals surface area contributed by atoms with Crippen LogP contribution in [0.5, 0.6) is 0 Å². The molecule has 1 unspecified atom stereocenters. The Morgan fingerprint density at radius 3 is 2.61 bits per heavy atom. The minimum atomic E-state index is -2.02. The van der Waals surface area contributed by atoms with Gasteiger partial charge in [0.15, 0.2) is 5.60 Å². The lowest BCUT2D eigenvalue weighted by Gasteiger charge is -2.17. The Morgan fingerprint density at radius 2 is 2.00 bits per heavy atom. The van der Waals surface area contributed by atoms with E-state index in [1.165, 1.54) is 0 Å². The Labute approximate surface area is 133 Å². The minimum Gasteiger partial charge on any atom is -0.479 e. The van der Waals surface area contributed by atoms with Crippen molar-refractivity contribution in [1.82, 2.24) is 15.5 Å². The first-order valence-corrected chi connectivity index (χ1v) is 7.08. The van der Waals surface area contributed by atoms with E-state index >= 15 is 0 Å². The second kappa shape index (κ2) is 6.21. The number of aryl methyl sites for hydroxylation is 2. The molecule has 2 rings (SSSR count). The molecule has 1 amide bonds. The zero-order valence-electron chi connectivity index (χ0n) is 13.2. The molecule has 0 aliphatic heterocycles. The van der Waals surface area contributed by atoms with Crippen molar-refractivity contribution < 1.29 is 19.8 Å². The Bertz CT molecular complexity index is 750. The van der Waals surface area contributed by atoms with Crippen LogP contribution >= 0.6 is 0 Å². The summed E-state index contributed by atoms with van der Waals surface area (Å²) in [6.07, 6.45) is 0. The maximum absolute atomic E-state index is 12.0. The van der Waals surface area contributed by atoms with Crippen molar-refractivity contribution in [2.75, 3.05) is 6.54 Å². The SMILES string of the molecule is Cc1ccc(-c2cc(C(=O)NCC(C)(O)C(=O)O)[nH]n2)c(C)c1. The first-order chi connectivity index (χ1) is 10.7. The summed E-state index contributed by atoms with van der Waals surface area (Å²) in [5.74, 6) is -1.94. The fourth-order valence-electron chi connectivity index (χ4n) is 2.10. The summed E-state index contributed by atoms with van der Waals surface area (Å²) < 4.78 is 0. The standard InChI is InChI=1S/C16H19N3O4/c1-9-4-5-11(10(2)6-9)12-7-13(19-18-12)14(20)17-8-16(3,23)15(21)22/h4-7,23H,8H2,1-3H3,(H,17,20)(H,18,19)(H,21,22). The van der Waals surface area contributed by atoms with E-state index in [1.54, 1.807) is 6.07 Å². The normalized spacial score (nSPS) is 13.4. The van der Waals surface area contributed by atoms with E-state index in [0.717, 1.165) is 23.6 Å². The maximum atomic E-state index is 12.0. The molecular formula is C16H19N3O4. The largest absolute Gasteiger partial charge is 0.479 e. The van der Waals surface area contributed by atoms with Crippen molar-refractivity contribution in [3.05, 3.63) is 41.1 Å². The van der Waals surface area contributed by atoms with Crippen LogP contribution in [0.3, 0.4) is 0 Å². The van der Waals surface area contributed by atoms with Crippen LogP contribution in [-0.2, 0) is 4.79 Å². The van der Waals surface area contributed by atoms with Crippen LogP contribution in [0, 0.1) is 13.8 Å². The number of benzene rings is 1. The maximum Gasteiger partial charge on any atom is 0.337 e. The number of nitrogens with one attached hydrogen (secondary N) is 2. The summed E-state index contributed by atoms with van der Waals surface area (Å²) in [7, 11) is 0. The van der Waals surface area contributed by atoms with Crippen LogP contribution in [0.1, 0.15) is 28.5 Å². The minimum absolute atomic E-state index is 0.196. The van der Waals surface area contributed by atoms with Crippen molar-refractivity contribution in [2.24, 2.45) is 0 Å². The van der Waals surface area contributed by atoms with Crippen molar-refractivity contribution in [1.29, 1.82) is 0 Å². The first-order valence-electron chi connectivity index (χ1n) is 7.08. The predicted octanol–water partition coefficient (Wildman–Crippen LogP) is 1.26. The fourth-order valence-corrected chi connectivity index (χ4v) is 2.10. The number of rotatable bonds is 5. The molecule has 0 bridgehead atoms. The average molecular weight is 317 g/mol. The van der Waals surface area contributed by atoms with Crippen LogP contribution in [0.4, 0.5) is 0 Å². The monoisotopic (exact) mass is 317 g/mol. The van der Waals surface area contributed by atoms with Crippen molar-refractivity contribution in [3.8, 4) is 11.3 Å². The van der Waals surface area contributed by atoms with Gasteiger partial charge >= 0.3 is 5.97 Å². The third-order valence-corrected chi connectivity index (χ3v) is 3.53. The molecule has 0 aliphatic carbocycles. The number of carboxylic acids is 1. The fraction of sp³-hybridized carbons (Fsp3) is 0.312. The van der Waals surface area contributed by atoms with E-state index < -0.39 is 24.0 Å². The molecule has 4 N–H and O–H groups in total. The van der Waals surface area contributed by atoms with Gasteiger partial charge < -0.3 is 15.5 Å². The van der Waals surface area contributed by atoms with Gasteiger partial charge in [-0.1, -0.05) is 23.8 Å². The third-order valence-electron chi connectivity index (χ3n) is 3.53. The molecule has 7 nitrogen and oxygen atoms in total. The van der Waals surface area contributed by atoms with Gasteiger partial charge in [0.2, 0.25) is 0 Å². The lowest BCUT2D eigenvalue weighted by Crippen LogP contribution is -2.46. The average Bonchev–Trinajstić information content (AvgIpc) is 2.94. The summed E-state index contributed by atoms with van der Waals surface area (Å²) in [6, 6.07) is 7.49. The molecule has 1 heterocycles. The van der Waals surface area contributed by atoms with Gasteiger partial charge in [-0.05, 0) is 32.4 Å². The molecule has 1 atom stereocenters. The summed E-state index contributed by atoms with van der Waals surface area (Å²) in [6.45, 7) is 4.66. The second-order valence-electron chi connectivity index (χ2n) is 5.75. The molecule has 0 fully saturated rings. The van der Waals surface area contributed by atoms with Gasteiger partial charge in [0.05, 0.1) is 12.2 Å². The number of amides is 1. The number of aliphatic hydroxyl groups is 1. The van der Waals surface area contributed by atoms with E-state index in [9.17, 15) is 14.7 Å². The third kappa shape index (κ3) is 3.75. The highest BCUT2D eigenvalue weighted by Crippen LogP contribution is 2.22. The summed E-state index contributed by atoms with van der Waals surface area (Å²) in [4.78, 5) is 22.8. The van der Waals surface area contributed by atoms with Gasteiger partial charge in [0, 0.05) is 5.56 Å². The number of carbonyl (C=O) groups is 2. The number of aromatic amines is 1. The molecule has 0 saturated heterocycles. The van der Waals surface area contributed by atoms with Crippen molar-refractivity contribution >= 4 is 11.9 Å². The summed E-state index contributed by atoms with van der Waals surface area (Å²) in [5, 5.41) is 27.5. The number of carbonyl (C=O) groups excluding carboxylic acids is 1. The number of hydrogen-bond acceptors (Lipinski definition) is 4. The highest BCUT2D eigenvalue weighted by molar-refractivity contribution is 5.94.